The van der Waals surface area contributed by atoms with E-state index in [1.54, 1.807) is 36.4 Å². The van der Waals surface area contributed by atoms with Crippen molar-refractivity contribution in [2.45, 2.75) is 19.3 Å². The van der Waals surface area contributed by atoms with E-state index in [0.29, 0.717) is 29.4 Å². The molecule has 0 aliphatic carbocycles. The molecular weight excluding hydrogens is 400 g/mol. The molecule has 28 heavy (non-hydrogen) atoms. The van der Waals surface area contributed by atoms with Crippen LogP contribution in [0.5, 0.6) is 5.75 Å². The van der Waals surface area contributed by atoms with Crippen molar-refractivity contribution in [2.24, 2.45) is 0 Å². The molecule has 0 saturated heterocycles. The van der Waals surface area contributed by atoms with Gasteiger partial charge in [-0.05, 0) is 29.8 Å². The van der Waals surface area contributed by atoms with Crippen LogP contribution in [0.15, 0.2) is 72.8 Å². The minimum atomic E-state index is -0.604. The summed E-state index contributed by atoms with van der Waals surface area (Å²) < 4.78 is 19.6. The van der Waals surface area contributed by atoms with Crippen molar-refractivity contribution in [1.29, 1.82) is 0 Å². The van der Waals surface area contributed by atoms with Crippen molar-refractivity contribution in [3.63, 3.8) is 0 Å². The van der Waals surface area contributed by atoms with Crippen molar-refractivity contribution in [1.82, 2.24) is 5.32 Å². The molecule has 0 aliphatic heterocycles. The number of rotatable bonds is 8. The number of ether oxygens (including phenoxy) is 1. The largest absolute Gasteiger partial charge is 0.488 e. The van der Waals surface area contributed by atoms with E-state index in [0.717, 1.165) is 11.1 Å². The van der Waals surface area contributed by atoms with E-state index in [2.05, 4.69) is 5.32 Å². The molecule has 0 saturated carbocycles. The quantitative estimate of drug-likeness (QED) is 0.518. The summed E-state index contributed by atoms with van der Waals surface area (Å²) in [4.78, 5) is 0. The van der Waals surface area contributed by atoms with Crippen LogP contribution in [0.1, 0.15) is 22.8 Å². The Hall–Kier alpha value is -2.11. The fourth-order valence-electron chi connectivity index (χ4n) is 2.73. The van der Waals surface area contributed by atoms with Crippen molar-refractivity contribution in [3.8, 4) is 5.75 Å². The van der Waals surface area contributed by atoms with Gasteiger partial charge in [-0.3, -0.25) is 0 Å². The topological polar surface area (TPSA) is 41.5 Å². The fraction of sp³-hybridized carbons (Fsp3) is 0.182. The van der Waals surface area contributed by atoms with Crippen LogP contribution < -0.4 is 10.1 Å². The average Bonchev–Trinajstić information content (AvgIpc) is 2.69. The molecule has 0 heterocycles. The molecule has 0 aromatic heterocycles. The predicted octanol–water partition coefficient (Wildman–Crippen LogP) is 5.30. The lowest BCUT2D eigenvalue weighted by atomic mass is 10.1. The molecule has 0 amide bonds. The molecule has 0 fully saturated rings. The molecule has 0 spiro atoms. The number of halogens is 3. The summed E-state index contributed by atoms with van der Waals surface area (Å²) in [6, 6.07) is 21.3. The van der Waals surface area contributed by atoms with E-state index in [-0.39, 0.29) is 24.8 Å². The fourth-order valence-corrected chi connectivity index (χ4v) is 2.93. The SMILES string of the molecule is Cl.OC(CNCc1cc(Cl)ccc1OCc1ccccc1F)c1ccccc1. The zero-order chi connectivity index (χ0) is 19.1. The van der Waals surface area contributed by atoms with Gasteiger partial charge in [0.2, 0.25) is 0 Å². The maximum atomic E-state index is 13.8. The first-order valence-corrected chi connectivity index (χ1v) is 9.09. The summed E-state index contributed by atoms with van der Waals surface area (Å²) in [5.41, 5.74) is 2.19. The summed E-state index contributed by atoms with van der Waals surface area (Å²) >= 11 is 6.10. The Morgan fingerprint density at radius 2 is 1.68 bits per heavy atom. The average molecular weight is 422 g/mol. The minimum absolute atomic E-state index is 0. The molecule has 0 aliphatic rings. The minimum Gasteiger partial charge on any atom is -0.488 e. The first-order valence-electron chi connectivity index (χ1n) is 8.72. The van der Waals surface area contributed by atoms with E-state index in [1.165, 1.54) is 6.07 Å². The van der Waals surface area contributed by atoms with Crippen LogP contribution in [0.25, 0.3) is 0 Å². The van der Waals surface area contributed by atoms with Gasteiger partial charge in [0.15, 0.2) is 0 Å². The Morgan fingerprint density at radius 3 is 2.43 bits per heavy atom. The van der Waals surface area contributed by atoms with E-state index >= 15 is 0 Å². The van der Waals surface area contributed by atoms with E-state index < -0.39 is 6.10 Å². The van der Waals surface area contributed by atoms with Crippen LogP contribution in [0, 0.1) is 5.82 Å². The van der Waals surface area contributed by atoms with Gasteiger partial charge in [-0.25, -0.2) is 4.39 Å². The molecule has 3 rings (SSSR count). The number of nitrogens with one attached hydrogen (secondary N) is 1. The van der Waals surface area contributed by atoms with E-state index in [4.69, 9.17) is 16.3 Å². The molecule has 2 N–H and O–H groups in total. The van der Waals surface area contributed by atoms with E-state index in [1.807, 2.05) is 30.3 Å². The van der Waals surface area contributed by atoms with E-state index in [9.17, 15) is 9.50 Å². The third-order valence-corrected chi connectivity index (χ3v) is 4.44. The van der Waals surface area contributed by atoms with Gasteiger partial charge in [0.05, 0.1) is 6.10 Å². The molecular formula is C22H22Cl2FNO2. The summed E-state index contributed by atoms with van der Waals surface area (Å²) in [5, 5.41) is 14.0. The van der Waals surface area contributed by atoms with Crippen LogP contribution in [-0.2, 0) is 13.2 Å². The van der Waals surface area contributed by atoms with Crippen LogP contribution in [0.4, 0.5) is 4.39 Å². The number of aliphatic hydroxyl groups is 1. The molecule has 1 atom stereocenters. The third kappa shape index (κ3) is 6.21. The van der Waals surface area contributed by atoms with Gasteiger partial charge in [0.1, 0.15) is 18.2 Å². The second-order valence-corrected chi connectivity index (χ2v) is 6.63. The zero-order valence-electron chi connectivity index (χ0n) is 15.1. The second-order valence-electron chi connectivity index (χ2n) is 6.19. The molecule has 0 bridgehead atoms. The number of benzene rings is 3. The highest BCUT2D eigenvalue weighted by Gasteiger charge is 2.10. The second kappa shape index (κ2) is 11.0. The summed E-state index contributed by atoms with van der Waals surface area (Å²) in [6.07, 6.45) is -0.604. The van der Waals surface area contributed by atoms with Gasteiger partial charge in [0.25, 0.3) is 0 Å². The van der Waals surface area contributed by atoms with Gasteiger partial charge < -0.3 is 15.2 Å². The summed E-state index contributed by atoms with van der Waals surface area (Å²) in [5.74, 6) is 0.335. The van der Waals surface area contributed by atoms with Crippen LogP contribution >= 0.6 is 24.0 Å². The summed E-state index contributed by atoms with van der Waals surface area (Å²) in [7, 11) is 0. The first kappa shape index (κ1) is 22.2. The van der Waals surface area contributed by atoms with Gasteiger partial charge >= 0.3 is 0 Å². The highest BCUT2D eigenvalue weighted by molar-refractivity contribution is 6.30. The maximum Gasteiger partial charge on any atom is 0.129 e. The van der Waals surface area contributed by atoms with Crippen LogP contribution in [-0.4, -0.2) is 11.7 Å². The number of aliphatic hydroxyl groups excluding tert-OH is 1. The predicted molar refractivity (Wildman–Crippen MR) is 113 cm³/mol. The molecule has 3 nitrogen and oxygen atoms in total. The molecule has 0 radical (unpaired) electrons. The smallest absolute Gasteiger partial charge is 0.129 e. The highest BCUT2D eigenvalue weighted by atomic mass is 35.5. The molecule has 1 unspecified atom stereocenters. The molecule has 3 aromatic carbocycles. The Bertz CT molecular complexity index is 877. The van der Waals surface area contributed by atoms with Gasteiger partial charge in [-0.1, -0.05) is 60.1 Å². The Balaban J connectivity index is 0.00000280. The van der Waals surface area contributed by atoms with Gasteiger partial charge in [0, 0.05) is 29.2 Å². The van der Waals surface area contributed by atoms with Gasteiger partial charge in [-0.15, -0.1) is 12.4 Å². The lowest BCUT2D eigenvalue weighted by Gasteiger charge is -2.15. The van der Waals surface area contributed by atoms with Crippen molar-refractivity contribution in [3.05, 3.63) is 100 Å². The normalized spacial score (nSPS) is 11.5. The first-order chi connectivity index (χ1) is 13.1. The Morgan fingerprint density at radius 1 is 0.964 bits per heavy atom. The monoisotopic (exact) mass is 421 g/mol. The summed E-state index contributed by atoms with van der Waals surface area (Å²) in [6.45, 7) is 0.994. The van der Waals surface area contributed by atoms with Crippen molar-refractivity contribution in [2.75, 3.05) is 6.54 Å². The van der Waals surface area contributed by atoms with Crippen LogP contribution in [0.3, 0.4) is 0 Å². The zero-order valence-corrected chi connectivity index (χ0v) is 16.7. The maximum absolute atomic E-state index is 13.8. The molecule has 3 aromatic rings. The molecule has 148 valence electrons. The van der Waals surface area contributed by atoms with Crippen molar-refractivity contribution < 1.29 is 14.2 Å². The van der Waals surface area contributed by atoms with Gasteiger partial charge in [-0.2, -0.15) is 0 Å². The lowest BCUT2D eigenvalue weighted by Crippen LogP contribution is -2.21. The number of hydrogen-bond donors (Lipinski definition) is 2. The third-order valence-electron chi connectivity index (χ3n) is 4.20. The highest BCUT2D eigenvalue weighted by Crippen LogP contribution is 2.24. The molecule has 6 heteroatoms. The Kier molecular flexibility index (Phi) is 8.74. The Labute approximate surface area is 175 Å². The number of hydrogen-bond acceptors (Lipinski definition) is 3. The standard InChI is InChI=1S/C22H21ClFNO2.ClH/c23-19-10-11-22(27-15-17-8-4-5-9-20(17)24)18(12-19)13-25-14-21(26)16-6-2-1-3-7-16;/h1-12,21,25-26H,13-15H2;1H. The van der Waals surface area contributed by atoms with Crippen molar-refractivity contribution >= 4 is 24.0 Å². The van der Waals surface area contributed by atoms with Crippen LogP contribution in [0.2, 0.25) is 5.02 Å². The lowest BCUT2D eigenvalue weighted by molar-refractivity contribution is 0.174.